The standard InChI is InChI=1S/C29H30BrNO4.C15H14O2/c1-2-3-4-5-6-10-17-33-28-18-23(13-15-27(28)35-20-22-11-8-7-9-12-22)21-34-26-16-14-24(30)19-25(26)29(31)32;16-15(17)11-8-12-6-9-14(10-7-12)13-4-2-1-3-5-13/h2-5,7-9,11-16,18-19H,6,10,17,20-21H2,1H3,(H2,31,32);1-7,9-10H,8,11H2,(H,16,17)/b3-2-,5-4-;. The summed E-state index contributed by atoms with van der Waals surface area (Å²) in [5.41, 5.74) is 11.2. The summed E-state index contributed by atoms with van der Waals surface area (Å²) in [6.07, 6.45) is 10.7. The summed E-state index contributed by atoms with van der Waals surface area (Å²) in [5, 5.41) is 8.61. The van der Waals surface area contributed by atoms with E-state index in [1.54, 1.807) is 12.1 Å². The van der Waals surface area contributed by atoms with E-state index in [1.165, 1.54) is 5.56 Å². The molecule has 0 heterocycles. The normalized spacial score (nSPS) is 10.8. The Morgan fingerprint density at radius 3 is 2.02 bits per heavy atom. The van der Waals surface area contributed by atoms with Crippen LogP contribution in [0.1, 0.15) is 53.2 Å². The summed E-state index contributed by atoms with van der Waals surface area (Å²) in [5.74, 6) is 0.463. The second kappa shape index (κ2) is 21.6. The molecule has 0 aromatic heterocycles. The second-order valence-corrected chi connectivity index (χ2v) is 12.7. The van der Waals surface area contributed by atoms with Crippen LogP contribution in [-0.4, -0.2) is 23.6 Å². The number of aryl methyl sites for hydroxylation is 1. The molecule has 7 nitrogen and oxygen atoms in total. The number of carboxylic acids is 1. The molecule has 0 saturated heterocycles. The number of amides is 1. The zero-order chi connectivity index (χ0) is 37.0. The van der Waals surface area contributed by atoms with Crippen molar-refractivity contribution in [3.8, 4) is 28.4 Å². The van der Waals surface area contributed by atoms with Crippen molar-refractivity contribution >= 4 is 27.8 Å². The Hall–Kier alpha value is -5.60. The number of ether oxygens (including phenoxy) is 3. The van der Waals surface area contributed by atoms with Gasteiger partial charge in [0.05, 0.1) is 12.2 Å². The molecular weight excluding hydrogens is 718 g/mol. The lowest BCUT2D eigenvalue weighted by atomic mass is 10.0. The predicted octanol–water partition coefficient (Wildman–Crippen LogP) is 10.4. The highest BCUT2D eigenvalue weighted by atomic mass is 79.9. The monoisotopic (exact) mass is 761 g/mol. The second-order valence-electron chi connectivity index (χ2n) is 11.8. The quantitative estimate of drug-likeness (QED) is 0.0721. The summed E-state index contributed by atoms with van der Waals surface area (Å²) in [6.45, 7) is 3.25. The lowest BCUT2D eigenvalue weighted by Crippen LogP contribution is -2.13. The highest BCUT2D eigenvalue weighted by Gasteiger charge is 2.12. The van der Waals surface area contributed by atoms with Gasteiger partial charge in [0.2, 0.25) is 0 Å². The fourth-order valence-electron chi connectivity index (χ4n) is 5.01. The molecule has 0 aliphatic carbocycles. The molecular formula is C44H44BrNO6. The Labute approximate surface area is 314 Å². The van der Waals surface area contributed by atoms with Gasteiger partial charge in [-0.05, 0) is 84.3 Å². The van der Waals surface area contributed by atoms with Gasteiger partial charge in [0, 0.05) is 10.9 Å². The molecule has 0 saturated carbocycles. The molecule has 8 heteroatoms. The maximum Gasteiger partial charge on any atom is 0.303 e. The summed E-state index contributed by atoms with van der Waals surface area (Å²) in [4.78, 5) is 22.2. The Kier molecular flexibility index (Phi) is 16.3. The van der Waals surface area contributed by atoms with Gasteiger partial charge in [-0.25, -0.2) is 0 Å². The summed E-state index contributed by atoms with van der Waals surface area (Å²) >= 11 is 3.36. The van der Waals surface area contributed by atoms with Gasteiger partial charge in [0.15, 0.2) is 11.5 Å². The molecule has 0 radical (unpaired) electrons. The molecule has 5 aromatic rings. The van der Waals surface area contributed by atoms with Gasteiger partial charge < -0.3 is 25.1 Å². The smallest absolute Gasteiger partial charge is 0.303 e. The third-order valence-corrected chi connectivity index (χ3v) is 8.24. The predicted molar refractivity (Wildman–Crippen MR) is 211 cm³/mol. The minimum Gasteiger partial charge on any atom is -0.490 e. The molecule has 0 fully saturated rings. The van der Waals surface area contributed by atoms with E-state index in [0.29, 0.717) is 42.4 Å². The molecule has 0 aliphatic rings. The number of rotatable bonds is 17. The molecule has 5 aromatic carbocycles. The number of primary amides is 1. The Morgan fingerprint density at radius 2 is 1.33 bits per heavy atom. The average molecular weight is 763 g/mol. The molecule has 3 N–H and O–H groups in total. The van der Waals surface area contributed by atoms with Crippen molar-refractivity contribution in [1.82, 2.24) is 0 Å². The largest absolute Gasteiger partial charge is 0.490 e. The van der Waals surface area contributed by atoms with Gasteiger partial charge in [0.1, 0.15) is 19.0 Å². The Morgan fingerprint density at radius 1 is 0.692 bits per heavy atom. The molecule has 0 bridgehead atoms. The number of carbonyl (C=O) groups is 2. The van der Waals surface area contributed by atoms with E-state index in [0.717, 1.165) is 39.6 Å². The number of unbranched alkanes of at least 4 members (excludes halogenated alkanes) is 1. The van der Waals surface area contributed by atoms with Gasteiger partial charge in [-0.3, -0.25) is 9.59 Å². The molecule has 0 atom stereocenters. The van der Waals surface area contributed by atoms with E-state index in [1.807, 2.05) is 122 Å². The fourth-order valence-corrected chi connectivity index (χ4v) is 5.37. The van der Waals surface area contributed by atoms with E-state index in [-0.39, 0.29) is 13.0 Å². The number of carbonyl (C=O) groups excluding carboxylic acids is 1. The molecule has 0 unspecified atom stereocenters. The van der Waals surface area contributed by atoms with Crippen LogP contribution in [0.4, 0.5) is 0 Å². The number of benzene rings is 5. The lowest BCUT2D eigenvalue weighted by molar-refractivity contribution is -0.136. The van der Waals surface area contributed by atoms with E-state index in [4.69, 9.17) is 25.1 Å². The van der Waals surface area contributed by atoms with Crippen LogP contribution >= 0.6 is 15.9 Å². The van der Waals surface area contributed by atoms with Crippen LogP contribution < -0.4 is 19.9 Å². The van der Waals surface area contributed by atoms with Gasteiger partial charge in [-0.15, -0.1) is 0 Å². The first-order valence-electron chi connectivity index (χ1n) is 17.1. The number of hydrogen-bond donors (Lipinski definition) is 2. The van der Waals surface area contributed by atoms with Crippen LogP contribution in [0, 0.1) is 0 Å². The maximum atomic E-state index is 11.8. The van der Waals surface area contributed by atoms with Gasteiger partial charge in [-0.1, -0.05) is 131 Å². The Bertz CT molecular complexity index is 1910. The van der Waals surface area contributed by atoms with Crippen LogP contribution in [0.15, 0.2) is 150 Å². The zero-order valence-electron chi connectivity index (χ0n) is 29.2. The lowest BCUT2D eigenvalue weighted by Gasteiger charge is -2.15. The van der Waals surface area contributed by atoms with Crippen LogP contribution in [0.5, 0.6) is 17.2 Å². The minimum absolute atomic E-state index is 0.185. The van der Waals surface area contributed by atoms with Crippen molar-refractivity contribution < 1.29 is 28.9 Å². The summed E-state index contributed by atoms with van der Waals surface area (Å²) in [7, 11) is 0. The number of halogens is 1. The fraction of sp³-hybridized carbons (Fsp3) is 0.182. The third-order valence-electron chi connectivity index (χ3n) is 7.75. The van der Waals surface area contributed by atoms with Crippen molar-refractivity contribution in [2.45, 2.75) is 45.8 Å². The number of hydrogen-bond acceptors (Lipinski definition) is 5. The van der Waals surface area contributed by atoms with Crippen LogP contribution in [0.25, 0.3) is 11.1 Å². The molecule has 1 amide bonds. The van der Waals surface area contributed by atoms with Crippen molar-refractivity contribution in [3.63, 3.8) is 0 Å². The summed E-state index contributed by atoms with van der Waals surface area (Å²) < 4.78 is 18.8. The minimum atomic E-state index is -0.753. The van der Waals surface area contributed by atoms with E-state index < -0.39 is 11.9 Å². The van der Waals surface area contributed by atoms with Crippen molar-refractivity contribution in [3.05, 3.63) is 172 Å². The SMILES string of the molecule is C/C=C\C=C/CCCOc1cc(COc2ccc(Br)cc2C(N)=O)ccc1OCc1ccccc1.O=C(O)CCc1ccc(-c2ccccc2)cc1. The first-order valence-corrected chi connectivity index (χ1v) is 17.9. The maximum absolute atomic E-state index is 11.8. The van der Waals surface area contributed by atoms with Gasteiger partial charge in [0.25, 0.3) is 5.91 Å². The van der Waals surface area contributed by atoms with Gasteiger partial charge in [-0.2, -0.15) is 0 Å². The van der Waals surface area contributed by atoms with Crippen molar-refractivity contribution in [2.24, 2.45) is 5.73 Å². The van der Waals surface area contributed by atoms with Crippen LogP contribution in [0.2, 0.25) is 0 Å². The van der Waals surface area contributed by atoms with Crippen LogP contribution in [0.3, 0.4) is 0 Å². The highest BCUT2D eigenvalue weighted by molar-refractivity contribution is 9.10. The van der Waals surface area contributed by atoms with Crippen LogP contribution in [-0.2, 0) is 24.4 Å². The zero-order valence-corrected chi connectivity index (χ0v) is 30.8. The number of nitrogens with two attached hydrogens (primary N) is 1. The number of carboxylic acid groups (broad SMARTS) is 1. The molecule has 5 rings (SSSR count). The Balaban J connectivity index is 0.000000296. The first kappa shape index (κ1) is 39.2. The molecule has 52 heavy (non-hydrogen) atoms. The van der Waals surface area contributed by atoms with E-state index >= 15 is 0 Å². The molecule has 0 aliphatic heterocycles. The number of allylic oxidation sites excluding steroid dienone is 4. The van der Waals surface area contributed by atoms with Gasteiger partial charge >= 0.3 is 5.97 Å². The molecule has 0 spiro atoms. The topological polar surface area (TPSA) is 108 Å². The first-order chi connectivity index (χ1) is 25.3. The number of aliphatic carboxylic acids is 1. The molecule has 268 valence electrons. The van der Waals surface area contributed by atoms with Crippen molar-refractivity contribution in [2.75, 3.05) is 6.61 Å². The summed E-state index contributed by atoms with van der Waals surface area (Å²) in [6, 6.07) is 39.1. The van der Waals surface area contributed by atoms with E-state index in [9.17, 15) is 9.59 Å². The average Bonchev–Trinajstić information content (AvgIpc) is 3.17. The third kappa shape index (κ3) is 13.6. The van der Waals surface area contributed by atoms with E-state index in [2.05, 4.69) is 34.1 Å². The van der Waals surface area contributed by atoms with Crippen molar-refractivity contribution in [1.29, 1.82) is 0 Å². The highest BCUT2D eigenvalue weighted by Crippen LogP contribution is 2.31.